The topological polar surface area (TPSA) is 67.1 Å². The largest absolute Gasteiger partial charge is 0.354 e. The molecular formula is C21H32N6. The van der Waals surface area contributed by atoms with E-state index in [0.29, 0.717) is 12.6 Å². The smallest absolute Gasteiger partial charge is 0.191 e. The second-order valence-corrected chi connectivity index (χ2v) is 7.51. The van der Waals surface area contributed by atoms with Crippen LogP contribution < -0.4 is 10.6 Å². The summed E-state index contributed by atoms with van der Waals surface area (Å²) >= 11 is 0. The van der Waals surface area contributed by atoms with Gasteiger partial charge in [-0.1, -0.05) is 50.3 Å². The lowest BCUT2D eigenvalue weighted by Crippen LogP contribution is -2.42. The molecule has 1 heterocycles. The van der Waals surface area contributed by atoms with Gasteiger partial charge in [-0.3, -0.25) is 9.56 Å². The van der Waals surface area contributed by atoms with Gasteiger partial charge in [-0.25, -0.2) is 0 Å². The van der Waals surface area contributed by atoms with Crippen LogP contribution in [0.1, 0.15) is 57.7 Å². The molecule has 6 nitrogen and oxygen atoms in total. The summed E-state index contributed by atoms with van der Waals surface area (Å²) in [5, 5.41) is 15.2. The fourth-order valence-electron chi connectivity index (χ4n) is 3.81. The van der Waals surface area contributed by atoms with Gasteiger partial charge in [0, 0.05) is 18.8 Å². The summed E-state index contributed by atoms with van der Waals surface area (Å²) in [6, 6.07) is 10.5. The van der Waals surface area contributed by atoms with Gasteiger partial charge in [0.05, 0.1) is 6.54 Å². The molecule has 1 aromatic heterocycles. The molecule has 0 aliphatic heterocycles. The first kappa shape index (κ1) is 19.4. The van der Waals surface area contributed by atoms with Crippen molar-refractivity contribution in [2.24, 2.45) is 10.9 Å². The summed E-state index contributed by atoms with van der Waals surface area (Å²) in [7, 11) is 1.81. The lowest BCUT2D eigenvalue weighted by molar-refractivity contribution is 0.322. The molecule has 0 saturated heterocycles. The number of benzene rings is 1. The molecule has 0 amide bonds. The highest BCUT2D eigenvalue weighted by Gasteiger charge is 2.15. The zero-order valence-electron chi connectivity index (χ0n) is 16.6. The number of nitrogens with one attached hydrogen (secondary N) is 2. The molecule has 146 valence electrons. The zero-order chi connectivity index (χ0) is 18.9. The summed E-state index contributed by atoms with van der Waals surface area (Å²) in [6.07, 6.45) is 11.3. The minimum Gasteiger partial charge on any atom is -0.354 e. The van der Waals surface area contributed by atoms with Gasteiger partial charge in [0.25, 0.3) is 0 Å². The van der Waals surface area contributed by atoms with Crippen LogP contribution in [-0.2, 0) is 6.54 Å². The first-order valence-electron chi connectivity index (χ1n) is 10.2. The van der Waals surface area contributed by atoms with Gasteiger partial charge in [-0.2, -0.15) is 0 Å². The number of hydrogen-bond acceptors (Lipinski definition) is 3. The van der Waals surface area contributed by atoms with E-state index in [-0.39, 0.29) is 0 Å². The fourth-order valence-corrected chi connectivity index (χ4v) is 3.81. The van der Waals surface area contributed by atoms with E-state index in [0.717, 1.165) is 23.4 Å². The molecular weight excluding hydrogens is 336 g/mol. The molecule has 6 heteroatoms. The van der Waals surface area contributed by atoms with Crippen LogP contribution in [0.25, 0.3) is 5.69 Å². The van der Waals surface area contributed by atoms with Crippen molar-refractivity contribution in [2.45, 2.75) is 64.5 Å². The molecule has 2 aromatic rings. The number of guanidine groups is 1. The second-order valence-electron chi connectivity index (χ2n) is 7.51. The van der Waals surface area contributed by atoms with Gasteiger partial charge < -0.3 is 10.6 Å². The molecule has 1 saturated carbocycles. The maximum Gasteiger partial charge on any atom is 0.191 e. The molecule has 1 unspecified atom stereocenters. The van der Waals surface area contributed by atoms with Gasteiger partial charge in [0.2, 0.25) is 0 Å². The van der Waals surface area contributed by atoms with Crippen LogP contribution in [0.3, 0.4) is 0 Å². The van der Waals surface area contributed by atoms with E-state index in [4.69, 9.17) is 0 Å². The minimum atomic E-state index is 0.408. The van der Waals surface area contributed by atoms with Gasteiger partial charge in [0.1, 0.15) is 6.33 Å². The van der Waals surface area contributed by atoms with Crippen LogP contribution in [0.5, 0.6) is 0 Å². The molecule has 0 spiro atoms. The van der Waals surface area contributed by atoms with Crippen LogP contribution in [-0.4, -0.2) is 33.8 Å². The van der Waals surface area contributed by atoms with Crippen LogP contribution in [0.4, 0.5) is 0 Å². The third-order valence-electron chi connectivity index (χ3n) is 5.41. The van der Waals surface area contributed by atoms with E-state index in [1.54, 1.807) is 6.33 Å². The number of nitrogens with zero attached hydrogens (tertiary/aromatic N) is 4. The Hall–Kier alpha value is -2.37. The van der Waals surface area contributed by atoms with E-state index in [2.05, 4.69) is 32.7 Å². The zero-order valence-corrected chi connectivity index (χ0v) is 16.6. The van der Waals surface area contributed by atoms with Crippen LogP contribution in [0.15, 0.2) is 41.7 Å². The molecule has 1 aliphatic carbocycles. The minimum absolute atomic E-state index is 0.408. The molecule has 1 fully saturated rings. The van der Waals surface area contributed by atoms with Crippen molar-refractivity contribution < 1.29 is 0 Å². The molecule has 1 aromatic carbocycles. The van der Waals surface area contributed by atoms with E-state index in [1.807, 2.05) is 41.9 Å². The number of hydrogen-bond donors (Lipinski definition) is 2. The van der Waals surface area contributed by atoms with Crippen molar-refractivity contribution >= 4 is 5.96 Å². The Labute approximate surface area is 162 Å². The molecule has 27 heavy (non-hydrogen) atoms. The SMILES string of the molecule is CN=C(NCc1nncn1-c1ccccc1)NC(C)CCC1CCCCC1. The number of para-hydroxylation sites is 1. The Morgan fingerprint density at radius 2 is 2.00 bits per heavy atom. The first-order chi connectivity index (χ1) is 13.3. The maximum absolute atomic E-state index is 4.36. The summed E-state index contributed by atoms with van der Waals surface area (Å²) in [4.78, 5) is 4.36. The molecule has 3 rings (SSSR count). The Kier molecular flexibility index (Phi) is 7.25. The van der Waals surface area contributed by atoms with E-state index < -0.39 is 0 Å². The molecule has 1 aliphatic rings. The highest BCUT2D eigenvalue weighted by Crippen LogP contribution is 2.27. The molecule has 2 N–H and O–H groups in total. The van der Waals surface area contributed by atoms with Gasteiger partial charge >= 0.3 is 0 Å². The summed E-state index contributed by atoms with van der Waals surface area (Å²) < 4.78 is 1.99. The van der Waals surface area contributed by atoms with Crippen LogP contribution >= 0.6 is 0 Å². The quantitative estimate of drug-likeness (QED) is 0.578. The van der Waals surface area contributed by atoms with Gasteiger partial charge in [-0.15, -0.1) is 10.2 Å². The van der Waals surface area contributed by atoms with E-state index in [1.165, 1.54) is 44.9 Å². The van der Waals surface area contributed by atoms with Crippen LogP contribution in [0.2, 0.25) is 0 Å². The number of aromatic nitrogens is 3. The van der Waals surface area contributed by atoms with Crippen molar-refractivity contribution in [3.8, 4) is 5.69 Å². The molecule has 1 atom stereocenters. The Morgan fingerprint density at radius 1 is 1.22 bits per heavy atom. The average Bonchev–Trinajstić information content (AvgIpc) is 3.19. The molecule has 0 radical (unpaired) electrons. The Morgan fingerprint density at radius 3 is 2.74 bits per heavy atom. The lowest BCUT2D eigenvalue weighted by Gasteiger charge is -2.24. The second kappa shape index (κ2) is 10.1. The van der Waals surface area contributed by atoms with Crippen molar-refractivity contribution in [3.63, 3.8) is 0 Å². The Balaban J connectivity index is 1.47. The summed E-state index contributed by atoms with van der Waals surface area (Å²) in [5.41, 5.74) is 1.06. The lowest BCUT2D eigenvalue weighted by atomic mass is 9.85. The Bertz CT molecular complexity index is 702. The van der Waals surface area contributed by atoms with Crippen molar-refractivity contribution in [1.82, 2.24) is 25.4 Å². The van der Waals surface area contributed by atoms with Crippen molar-refractivity contribution in [3.05, 3.63) is 42.5 Å². The third kappa shape index (κ3) is 5.81. The predicted molar refractivity (Wildman–Crippen MR) is 110 cm³/mol. The highest BCUT2D eigenvalue weighted by atomic mass is 15.3. The number of rotatable bonds is 7. The standard InChI is InChI=1S/C21H32N6/c1-17(13-14-18-9-5-3-6-10-18)25-21(22-2)23-15-20-26-24-16-27(20)19-11-7-4-8-12-19/h4,7-8,11-12,16-18H,3,5-6,9-10,13-15H2,1-2H3,(H2,22,23,25). The highest BCUT2D eigenvalue weighted by molar-refractivity contribution is 5.79. The van der Waals surface area contributed by atoms with Crippen molar-refractivity contribution in [1.29, 1.82) is 0 Å². The van der Waals surface area contributed by atoms with Gasteiger partial charge in [0.15, 0.2) is 11.8 Å². The van der Waals surface area contributed by atoms with E-state index >= 15 is 0 Å². The monoisotopic (exact) mass is 368 g/mol. The number of aliphatic imine (C=N–C) groups is 1. The van der Waals surface area contributed by atoms with Gasteiger partial charge in [-0.05, 0) is 37.8 Å². The predicted octanol–water partition coefficient (Wildman–Crippen LogP) is 3.68. The first-order valence-corrected chi connectivity index (χ1v) is 10.2. The van der Waals surface area contributed by atoms with Crippen LogP contribution in [0, 0.1) is 5.92 Å². The third-order valence-corrected chi connectivity index (χ3v) is 5.41. The average molecular weight is 369 g/mol. The van der Waals surface area contributed by atoms with E-state index in [9.17, 15) is 0 Å². The molecule has 0 bridgehead atoms. The summed E-state index contributed by atoms with van der Waals surface area (Å²) in [6.45, 7) is 2.81. The summed E-state index contributed by atoms with van der Waals surface area (Å²) in [5.74, 6) is 2.59. The fraction of sp³-hybridized carbons (Fsp3) is 0.571. The maximum atomic E-state index is 4.36. The van der Waals surface area contributed by atoms with Crippen molar-refractivity contribution in [2.75, 3.05) is 7.05 Å². The normalized spacial score (nSPS) is 16.9.